The summed E-state index contributed by atoms with van der Waals surface area (Å²) in [7, 11) is 3.31. The van der Waals surface area contributed by atoms with E-state index in [1.807, 2.05) is 53.4 Å². The number of rotatable bonds is 6. The summed E-state index contributed by atoms with van der Waals surface area (Å²) in [4.78, 5) is 18.4. The number of ether oxygens (including phenoxy) is 2. The molecule has 2 heterocycles. The molecule has 1 aliphatic heterocycles. The second kappa shape index (κ2) is 12.5. The van der Waals surface area contributed by atoms with Crippen molar-refractivity contribution < 1.29 is 19.4 Å². The Bertz CT molecular complexity index is 925. The van der Waals surface area contributed by atoms with Crippen molar-refractivity contribution in [3.05, 3.63) is 84.2 Å². The van der Waals surface area contributed by atoms with E-state index in [1.165, 1.54) is 6.20 Å². The molecule has 1 fully saturated rings. The summed E-state index contributed by atoms with van der Waals surface area (Å²) in [5.41, 5.74) is 2.22. The third kappa shape index (κ3) is 7.22. The topological polar surface area (TPSA) is 83.9 Å². The minimum absolute atomic E-state index is 0.00852. The van der Waals surface area contributed by atoms with Gasteiger partial charge in [0.25, 0.3) is 0 Å². The number of methoxy groups -OCH3 is 2. The summed E-state index contributed by atoms with van der Waals surface area (Å²) in [6, 6.07) is 19.2. The van der Waals surface area contributed by atoms with Gasteiger partial charge in [0.15, 0.2) is 0 Å². The highest BCUT2D eigenvalue weighted by molar-refractivity contribution is 5.78. The van der Waals surface area contributed by atoms with Crippen molar-refractivity contribution in [3.63, 3.8) is 0 Å². The third-order valence-corrected chi connectivity index (χ3v) is 5.53. The highest BCUT2D eigenvalue weighted by atomic mass is 16.5. The maximum absolute atomic E-state index is 12.9. The molecule has 1 amide bonds. The molecule has 0 radical (unpaired) electrons. The fraction of sp³-hybridized carbons (Fsp3) is 0.308. The Hall–Kier alpha value is -3.58. The largest absolute Gasteiger partial charge is 0.506 e. The van der Waals surface area contributed by atoms with Gasteiger partial charge in [-0.1, -0.05) is 24.3 Å². The van der Waals surface area contributed by atoms with Gasteiger partial charge in [-0.15, -0.1) is 0 Å². The highest BCUT2D eigenvalue weighted by Gasteiger charge is 2.23. The Morgan fingerprint density at radius 3 is 1.91 bits per heavy atom. The molecule has 33 heavy (non-hydrogen) atoms. The van der Waals surface area contributed by atoms with Crippen LogP contribution in [0.25, 0.3) is 0 Å². The van der Waals surface area contributed by atoms with Gasteiger partial charge >= 0.3 is 0 Å². The number of aromatic nitrogens is 1. The molecule has 2 N–H and O–H groups in total. The summed E-state index contributed by atoms with van der Waals surface area (Å²) in [6.07, 6.45) is 3.46. The quantitative estimate of drug-likeness (QED) is 0.600. The predicted octanol–water partition coefficient (Wildman–Crippen LogP) is 3.44. The number of carbonyl (C=O) groups excluding carboxylic acids is 1. The summed E-state index contributed by atoms with van der Waals surface area (Å²) >= 11 is 0. The average Bonchev–Trinajstić information content (AvgIpc) is 2.89. The van der Waals surface area contributed by atoms with Crippen LogP contribution in [-0.4, -0.2) is 61.3 Å². The van der Waals surface area contributed by atoms with E-state index in [9.17, 15) is 4.79 Å². The van der Waals surface area contributed by atoms with Crippen molar-refractivity contribution in [2.45, 2.75) is 12.3 Å². The number of amides is 1. The van der Waals surface area contributed by atoms with Crippen LogP contribution in [0.5, 0.6) is 17.2 Å². The first-order valence-electron chi connectivity index (χ1n) is 11.0. The molecule has 1 saturated heterocycles. The Labute approximate surface area is 195 Å². The second-order valence-corrected chi connectivity index (χ2v) is 7.65. The molecule has 0 unspecified atom stereocenters. The summed E-state index contributed by atoms with van der Waals surface area (Å²) in [6.45, 7) is 3.27. The van der Waals surface area contributed by atoms with Crippen molar-refractivity contribution in [3.8, 4) is 17.2 Å². The fourth-order valence-electron chi connectivity index (χ4n) is 3.67. The number of nitrogens with zero attached hydrogens (tertiary/aromatic N) is 2. The van der Waals surface area contributed by atoms with E-state index in [2.05, 4.69) is 10.3 Å². The predicted molar refractivity (Wildman–Crippen MR) is 128 cm³/mol. The van der Waals surface area contributed by atoms with E-state index < -0.39 is 0 Å². The normalized spacial score (nSPS) is 13.1. The Morgan fingerprint density at radius 1 is 0.970 bits per heavy atom. The first-order valence-corrected chi connectivity index (χ1v) is 11.0. The zero-order valence-corrected chi connectivity index (χ0v) is 19.1. The fourth-order valence-corrected chi connectivity index (χ4v) is 3.67. The SMILES string of the molecule is COc1ccc(C(CC(=O)N2CCNCC2)c2ccc(OC)cc2)cc1.Oc1cccnc1. The molecule has 2 aromatic carbocycles. The number of carbonyl (C=O) groups is 1. The molecule has 1 aliphatic rings. The van der Waals surface area contributed by atoms with Crippen LogP contribution in [0.3, 0.4) is 0 Å². The Kier molecular flexibility index (Phi) is 9.08. The van der Waals surface area contributed by atoms with Gasteiger partial charge in [-0.05, 0) is 47.5 Å². The zero-order valence-electron chi connectivity index (χ0n) is 19.1. The van der Waals surface area contributed by atoms with Crippen LogP contribution in [0.4, 0.5) is 0 Å². The van der Waals surface area contributed by atoms with Crippen molar-refractivity contribution in [2.75, 3.05) is 40.4 Å². The lowest BCUT2D eigenvalue weighted by Gasteiger charge is -2.29. The summed E-state index contributed by atoms with van der Waals surface area (Å²) < 4.78 is 10.5. The molecule has 0 saturated carbocycles. The minimum atomic E-state index is 0.00852. The van der Waals surface area contributed by atoms with E-state index in [1.54, 1.807) is 32.5 Å². The third-order valence-electron chi connectivity index (χ3n) is 5.53. The molecule has 7 heteroatoms. The van der Waals surface area contributed by atoms with E-state index in [4.69, 9.17) is 14.6 Å². The number of hydrogen-bond donors (Lipinski definition) is 2. The zero-order chi connectivity index (χ0) is 23.5. The first kappa shape index (κ1) is 24.1. The van der Waals surface area contributed by atoms with Crippen LogP contribution < -0.4 is 14.8 Å². The van der Waals surface area contributed by atoms with E-state index in [0.29, 0.717) is 6.42 Å². The monoisotopic (exact) mass is 449 g/mol. The standard InChI is InChI=1S/C21H26N2O3.C5H5NO/c1-25-18-7-3-16(4-8-18)20(17-5-9-19(26-2)10-6-17)15-21(24)23-13-11-22-12-14-23;7-5-2-1-3-6-4-5/h3-10,20,22H,11-15H2,1-2H3;1-4,7H. The highest BCUT2D eigenvalue weighted by Crippen LogP contribution is 2.31. The number of benzene rings is 2. The van der Waals surface area contributed by atoms with Crippen LogP contribution in [0.1, 0.15) is 23.5 Å². The van der Waals surface area contributed by atoms with Crippen molar-refractivity contribution in [1.82, 2.24) is 15.2 Å². The van der Waals surface area contributed by atoms with Crippen LogP contribution in [-0.2, 0) is 4.79 Å². The van der Waals surface area contributed by atoms with Gasteiger partial charge in [0, 0.05) is 44.7 Å². The number of nitrogens with one attached hydrogen (secondary N) is 1. The number of piperazine rings is 1. The van der Waals surface area contributed by atoms with Gasteiger partial charge in [0.05, 0.1) is 20.4 Å². The first-order chi connectivity index (χ1) is 16.1. The van der Waals surface area contributed by atoms with Gasteiger partial charge in [-0.25, -0.2) is 0 Å². The van der Waals surface area contributed by atoms with E-state index in [0.717, 1.165) is 48.8 Å². The van der Waals surface area contributed by atoms with Gasteiger partial charge in [0.1, 0.15) is 17.2 Å². The van der Waals surface area contributed by atoms with Crippen molar-refractivity contribution in [2.24, 2.45) is 0 Å². The van der Waals surface area contributed by atoms with Crippen LogP contribution in [0.15, 0.2) is 73.1 Å². The molecule has 7 nitrogen and oxygen atoms in total. The van der Waals surface area contributed by atoms with Gasteiger partial charge in [0.2, 0.25) is 5.91 Å². The van der Waals surface area contributed by atoms with Gasteiger partial charge < -0.3 is 24.8 Å². The molecule has 0 spiro atoms. The lowest BCUT2D eigenvalue weighted by Crippen LogP contribution is -2.46. The van der Waals surface area contributed by atoms with Crippen molar-refractivity contribution in [1.29, 1.82) is 0 Å². The number of aromatic hydroxyl groups is 1. The van der Waals surface area contributed by atoms with E-state index in [-0.39, 0.29) is 17.6 Å². The molecular formula is C26H31N3O4. The number of pyridine rings is 1. The van der Waals surface area contributed by atoms with Gasteiger partial charge in [-0.3, -0.25) is 9.78 Å². The molecule has 1 aromatic heterocycles. The Morgan fingerprint density at radius 2 is 1.52 bits per heavy atom. The Balaban J connectivity index is 0.000000374. The maximum Gasteiger partial charge on any atom is 0.223 e. The van der Waals surface area contributed by atoms with E-state index >= 15 is 0 Å². The molecule has 0 bridgehead atoms. The number of hydrogen-bond acceptors (Lipinski definition) is 6. The van der Waals surface area contributed by atoms with Crippen LogP contribution in [0, 0.1) is 0 Å². The van der Waals surface area contributed by atoms with Crippen LogP contribution >= 0.6 is 0 Å². The van der Waals surface area contributed by atoms with Crippen LogP contribution in [0.2, 0.25) is 0 Å². The molecule has 4 rings (SSSR count). The lowest BCUT2D eigenvalue weighted by molar-refractivity contribution is -0.132. The maximum atomic E-state index is 12.9. The molecule has 174 valence electrons. The summed E-state index contributed by atoms with van der Waals surface area (Å²) in [5, 5.41) is 11.9. The lowest BCUT2D eigenvalue weighted by atomic mass is 9.88. The molecular weight excluding hydrogens is 418 g/mol. The average molecular weight is 450 g/mol. The molecule has 0 aliphatic carbocycles. The summed E-state index contributed by atoms with van der Waals surface area (Å²) in [5.74, 6) is 2.05. The molecule has 0 atom stereocenters. The molecule has 3 aromatic rings. The minimum Gasteiger partial charge on any atom is -0.506 e. The van der Waals surface area contributed by atoms with Gasteiger partial charge in [-0.2, -0.15) is 0 Å². The smallest absolute Gasteiger partial charge is 0.223 e. The second-order valence-electron chi connectivity index (χ2n) is 7.65. The van der Waals surface area contributed by atoms with Crippen molar-refractivity contribution >= 4 is 5.91 Å².